The van der Waals surface area contributed by atoms with E-state index in [1.165, 1.54) is 19.3 Å². The van der Waals surface area contributed by atoms with E-state index in [4.69, 9.17) is 4.84 Å². The van der Waals surface area contributed by atoms with Gasteiger partial charge in [-0.1, -0.05) is 55.8 Å². The first-order valence-corrected chi connectivity index (χ1v) is 8.30. The van der Waals surface area contributed by atoms with E-state index in [0.717, 1.165) is 24.3 Å². The Morgan fingerprint density at radius 1 is 1.32 bits per heavy atom. The molecular formula is C18H24N2O2. The van der Waals surface area contributed by atoms with Crippen molar-refractivity contribution in [1.82, 2.24) is 5.06 Å². The van der Waals surface area contributed by atoms with Crippen molar-refractivity contribution in [1.29, 1.82) is 0 Å². The van der Waals surface area contributed by atoms with Crippen molar-refractivity contribution in [3.8, 4) is 0 Å². The van der Waals surface area contributed by atoms with Crippen LogP contribution < -0.4 is 0 Å². The molecule has 1 spiro atoms. The van der Waals surface area contributed by atoms with Gasteiger partial charge in [0.2, 0.25) is 0 Å². The number of oxime groups is 1. The zero-order valence-corrected chi connectivity index (χ0v) is 13.3. The maximum absolute atomic E-state index is 9.67. The van der Waals surface area contributed by atoms with Crippen molar-refractivity contribution in [3.05, 3.63) is 35.9 Å². The maximum atomic E-state index is 9.67. The van der Waals surface area contributed by atoms with Gasteiger partial charge in [-0.05, 0) is 24.7 Å². The molecule has 0 bridgehead atoms. The van der Waals surface area contributed by atoms with E-state index >= 15 is 0 Å². The minimum Gasteiger partial charge on any atom is -0.411 e. The molecule has 3 fully saturated rings. The molecule has 0 unspecified atom stereocenters. The molecular weight excluding hydrogens is 276 g/mol. The highest BCUT2D eigenvalue weighted by Gasteiger charge is 2.67. The highest BCUT2D eigenvalue weighted by molar-refractivity contribution is 6.04. The number of hydroxylamine groups is 2. The average molecular weight is 300 g/mol. The van der Waals surface area contributed by atoms with Crippen molar-refractivity contribution in [3.63, 3.8) is 0 Å². The van der Waals surface area contributed by atoms with Crippen LogP contribution in [-0.4, -0.2) is 34.2 Å². The molecule has 0 aromatic heterocycles. The van der Waals surface area contributed by atoms with Crippen LogP contribution in [0.15, 0.2) is 35.5 Å². The van der Waals surface area contributed by atoms with Crippen LogP contribution in [0.1, 0.15) is 45.1 Å². The fourth-order valence-corrected chi connectivity index (χ4v) is 5.29. The van der Waals surface area contributed by atoms with Gasteiger partial charge < -0.3 is 5.21 Å². The lowest BCUT2D eigenvalue weighted by atomic mass is 9.68. The fraction of sp³-hybridized carbons (Fsp3) is 0.611. The summed E-state index contributed by atoms with van der Waals surface area (Å²) in [6, 6.07) is 10.0. The van der Waals surface area contributed by atoms with Gasteiger partial charge in [-0.25, -0.2) is 0 Å². The Labute approximate surface area is 131 Å². The molecule has 118 valence electrons. The zero-order chi connectivity index (χ0) is 15.4. The van der Waals surface area contributed by atoms with Gasteiger partial charge >= 0.3 is 0 Å². The Bertz CT molecular complexity index is 598. The van der Waals surface area contributed by atoms with Gasteiger partial charge in [0, 0.05) is 11.5 Å². The lowest BCUT2D eigenvalue weighted by molar-refractivity contribution is -0.167. The molecule has 1 aromatic rings. The van der Waals surface area contributed by atoms with Crippen LogP contribution in [0.4, 0.5) is 0 Å². The summed E-state index contributed by atoms with van der Waals surface area (Å²) in [4.78, 5) is 6.13. The SMILES string of the molecule is CC1(C)C[C@H](/C(=N\O)c2ccccc2)N2OC[C@@H]3CCC[C@@]321. The summed E-state index contributed by atoms with van der Waals surface area (Å²) < 4.78 is 0. The average Bonchev–Trinajstić information content (AvgIpc) is 3.12. The molecule has 2 saturated heterocycles. The van der Waals surface area contributed by atoms with Crippen LogP contribution in [0.3, 0.4) is 0 Å². The van der Waals surface area contributed by atoms with E-state index in [0.29, 0.717) is 5.92 Å². The van der Waals surface area contributed by atoms with E-state index in [-0.39, 0.29) is 17.0 Å². The number of nitrogens with zero attached hydrogens (tertiary/aromatic N) is 2. The molecule has 4 heteroatoms. The van der Waals surface area contributed by atoms with Crippen LogP contribution in [-0.2, 0) is 4.84 Å². The van der Waals surface area contributed by atoms with Gasteiger partial charge in [0.25, 0.3) is 0 Å². The Kier molecular flexibility index (Phi) is 3.10. The normalized spacial score (nSPS) is 37.3. The first kappa shape index (κ1) is 14.2. The van der Waals surface area contributed by atoms with Crippen molar-refractivity contribution in [2.75, 3.05) is 6.61 Å². The van der Waals surface area contributed by atoms with Gasteiger partial charge in [-0.2, -0.15) is 5.06 Å². The Hall–Kier alpha value is -1.39. The molecule has 2 aliphatic heterocycles. The molecule has 0 amide bonds. The lowest BCUT2D eigenvalue weighted by Gasteiger charge is -2.41. The Morgan fingerprint density at radius 3 is 2.82 bits per heavy atom. The monoisotopic (exact) mass is 300 g/mol. The second-order valence-electron chi connectivity index (χ2n) is 7.59. The number of hydrogen-bond acceptors (Lipinski definition) is 4. The van der Waals surface area contributed by atoms with E-state index < -0.39 is 0 Å². The molecule has 4 nitrogen and oxygen atoms in total. The summed E-state index contributed by atoms with van der Waals surface area (Å²) in [5, 5.41) is 15.5. The van der Waals surface area contributed by atoms with Crippen molar-refractivity contribution >= 4 is 5.71 Å². The quantitative estimate of drug-likeness (QED) is 0.517. The van der Waals surface area contributed by atoms with Crippen LogP contribution in [0, 0.1) is 11.3 Å². The molecule has 1 N–H and O–H groups in total. The second-order valence-corrected chi connectivity index (χ2v) is 7.59. The number of hydrogen-bond donors (Lipinski definition) is 1. The summed E-state index contributed by atoms with van der Waals surface area (Å²) >= 11 is 0. The summed E-state index contributed by atoms with van der Waals surface area (Å²) in [6.07, 6.45) is 4.69. The van der Waals surface area contributed by atoms with E-state index in [1.54, 1.807) is 0 Å². The lowest BCUT2D eigenvalue weighted by Crippen LogP contribution is -2.51. The topological polar surface area (TPSA) is 45.1 Å². The minimum absolute atomic E-state index is 0.0329. The summed E-state index contributed by atoms with van der Waals surface area (Å²) in [5.74, 6) is 0.614. The third-order valence-electron chi connectivity index (χ3n) is 6.25. The summed E-state index contributed by atoms with van der Waals surface area (Å²) in [6.45, 7) is 5.52. The number of rotatable bonds is 2. The minimum atomic E-state index is 0.0329. The van der Waals surface area contributed by atoms with E-state index in [9.17, 15) is 5.21 Å². The molecule has 3 aliphatic rings. The molecule has 1 aliphatic carbocycles. The molecule has 1 saturated carbocycles. The van der Waals surface area contributed by atoms with Crippen molar-refractivity contribution < 1.29 is 10.0 Å². The predicted molar refractivity (Wildman–Crippen MR) is 84.8 cm³/mol. The van der Waals surface area contributed by atoms with Crippen LogP contribution in [0.2, 0.25) is 0 Å². The first-order chi connectivity index (χ1) is 10.6. The van der Waals surface area contributed by atoms with Gasteiger partial charge in [-0.15, -0.1) is 0 Å². The molecule has 3 atom stereocenters. The fourth-order valence-electron chi connectivity index (χ4n) is 5.29. The summed E-state index contributed by atoms with van der Waals surface area (Å²) in [5.41, 5.74) is 1.99. The largest absolute Gasteiger partial charge is 0.411 e. The molecule has 4 rings (SSSR count). The van der Waals surface area contributed by atoms with E-state index in [2.05, 4.69) is 24.1 Å². The van der Waals surface area contributed by atoms with Crippen molar-refractivity contribution in [2.45, 2.75) is 51.1 Å². The van der Waals surface area contributed by atoms with Crippen LogP contribution >= 0.6 is 0 Å². The van der Waals surface area contributed by atoms with Crippen molar-refractivity contribution in [2.24, 2.45) is 16.5 Å². The van der Waals surface area contributed by atoms with E-state index in [1.807, 2.05) is 30.3 Å². The summed E-state index contributed by atoms with van der Waals surface area (Å²) in [7, 11) is 0. The standard InChI is InChI=1S/C18H24N2O2/c1-17(2)11-15(16(19-21)13-7-4-3-5-8-13)20-18(17)10-6-9-14(18)12-22-20/h3-5,7-8,14-15,21H,6,9-12H2,1-2H3/b19-16-/t14-,15+,18-/m0/s1. The van der Waals surface area contributed by atoms with Gasteiger partial charge in [0.05, 0.1) is 18.2 Å². The smallest absolute Gasteiger partial charge is 0.106 e. The Morgan fingerprint density at radius 2 is 2.09 bits per heavy atom. The third kappa shape index (κ3) is 1.68. The predicted octanol–water partition coefficient (Wildman–Crippen LogP) is 3.45. The molecule has 22 heavy (non-hydrogen) atoms. The third-order valence-corrected chi connectivity index (χ3v) is 6.25. The molecule has 1 aromatic carbocycles. The molecule has 2 heterocycles. The van der Waals surface area contributed by atoms with Crippen LogP contribution in [0.25, 0.3) is 0 Å². The Balaban J connectivity index is 1.75. The molecule has 0 radical (unpaired) electrons. The van der Waals surface area contributed by atoms with Gasteiger partial charge in [0.1, 0.15) is 5.71 Å². The number of benzene rings is 1. The second kappa shape index (κ2) is 4.80. The first-order valence-electron chi connectivity index (χ1n) is 8.30. The highest BCUT2D eigenvalue weighted by Crippen LogP contribution is 2.62. The van der Waals surface area contributed by atoms with Gasteiger partial charge in [0.15, 0.2) is 0 Å². The zero-order valence-electron chi connectivity index (χ0n) is 13.3. The maximum Gasteiger partial charge on any atom is 0.106 e. The van der Waals surface area contributed by atoms with Gasteiger partial charge in [-0.3, -0.25) is 4.84 Å². The van der Waals surface area contributed by atoms with Crippen LogP contribution in [0.5, 0.6) is 0 Å². The highest BCUT2D eigenvalue weighted by atomic mass is 16.7.